The molecule has 0 aliphatic heterocycles. The molecule has 12 heavy (non-hydrogen) atoms. The highest BCUT2D eigenvalue weighted by Gasteiger charge is 2.05. The van der Waals surface area contributed by atoms with Crippen LogP contribution in [-0.2, 0) is 0 Å². The number of hydrogen-bond acceptors (Lipinski definition) is 2. The molecule has 0 fully saturated rings. The molecule has 2 heteroatoms. The smallest absolute Gasteiger partial charge is 0.0229 e. The van der Waals surface area contributed by atoms with Gasteiger partial charge in [0.25, 0.3) is 0 Å². The Morgan fingerprint density at radius 3 is 2.58 bits per heavy atom. The van der Waals surface area contributed by atoms with E-state index in [1.54, 1.807) is 0 Å². The van der Waals surface area contributed by atoms with Crippen molar-refractivity contribution in [1.82, 2.24) is 10.2 Å². The molecule has 0 aliphatic rings. The van der Waals surface area contributed by atoms with Crippen LogP contribution in [0, 0.1) is 0 Å². The van der Waals surface area contributed by atoms with Gasteiger partial charge in [-0.1, -0.05) is 13.0 Å². The Labute approximate surface area is 76.6 Å². The first-order valence-electron chi connectivity index (χ1n) is 4.69. The maximum atomic E-state index is 3.76. The monoisotopic (exact) mass is 170 g/mol. The minimum absolute atomic E-state index is 0.567. The largest absolute Gasteiger partial charge is 0.312 e. The van der Waals surface area contributed by atoms with E-state index >= 15 is 0 Å². The second kappa shape index (κ2) is 7.32. The van der Waals surface area contributed by atoms with Crippen LogP contribution in [-0.4, -0.2) is 38.1 Å². The predicted molar refractivity (Wildman–Crippen MR) is 55.4 cm³/mol. The molecule has 0 rings (SSSR count). The molecule has 0 aliphatic carbocycles. The van der Waals surface area contributed by atoms with Gasteiger partial charge in [-0.25, -0.2) is 0 Å². The van der Waals surface area contributed by atoms with E-state index in [-0.39, 0.29) is 0 Å². The van der Waals surface area contributed by atoms with Crippen molar-refractivity contribution in [3.05, 3.63) is 12.7 Å². The molecule has 0 heterocycles. The fraction of sp³-hybridized carbons (Fsp3) is 0.800. The fourth-order valence-electron chi connectivity index (χ4n) is 1.21. The van der Waals surface area contributed by atoms with Crippen molar-refractivity contribution >= 4 is 0 Å². The Hall–Kier alpha value is -0.340. The maximum Gasteiger partial charge on any atom is 0.0229 e. The zero-order valence-electron chi connectivity index (χ0n) is 8.64. The lowest BCUT2D eigenvalue weighted by Gasteiger charge is -2.20. The number of hydrogen-bond donors (Lipinski definition) is 1. The maximum absolute atomic E-state index is 3.76. The van der Waals surface area contributed by atoms with Crippen LogP contribution >= 0.6 is 0 Å². The molecule has 0 spiro atoms. The Bertz CT molecular complexity index is 110. The zero-order valence-corrected chi connectivity index (χ0v) is 8.64. The Morgan fingerprint density at radius 2 is 2.17 bits per heavy atom. The van der Waals surface area contributed by atoms with Crippen molar-refractivity contribution in [2.45, 2.75) is 25.8 Å². The summed E-state index contributed by atoms with van der Waals surface area (Å²) in [6.07, 6.45) is 4.23. The molecule has 72 valence electrons. The van der Waals surface area contributed by atoms with E-state index in [1.807, 2.05) is 6.08 Å². The van der Waals surface area contributed by atoms with Crippen LogP contribution in [0.15, 0.2) is 12.7 Å². The highest BCUT2D eigenvalue weighted by atomic mass is 15.1. The molecule has 1 N–H and O–H groups in total. The summed E-state index contributed by atoms with van der Waals surface area (Å²) < 4.78 is 0. The van der Waals surface area contributed by atoms with Gasteiger partial charge in [-0.05, 0) is 33.5 Å². The highest BCUT2D eigenvalue weighted by molar-refractivity contribution is 4.79. The SMILES string of the molecule is C=CCC(CN(C)C)NCCC. The molecule has 0 aromatic rings. The van der Waals surface area contributed by atoms with E-state index in [0.717, 1.165) is 19.5 Å². The van der Waals surface area contributed by atoms with E-state index in [0.29, 0.717) is 6.04 Å². The van der Waals surface area contributed by atoms with Gasteiger partial charge in [-0.2, -0.15) is 0 Å². The van der Waals surface area contributed by atoms with Crippen LogP contribution in [0.1, 0.15) is 19.8 Å². The summed E-state index contributed by atoms with van der Waals surface area (Å²) in [5.41, 5.74) is 0. The van der Waals surface area contributed by atoms with E-state index in [2.05, 4.69) is 37.8 Å². The van der Waals surface area contributed by atoms with E-state index in [1.165, 1.54) is 6.42 Å². The molecule has 2 nitrogen and oxygen atoms in total. The van der Waals surface area contributed by atoms with Crippen LogP contribution < -0.4 is 5.32 Å². The third-order valence-corrected chi connectivity index (χ3v) is 1.72. The third kappa shape index (κ3) is 6.38. The summed E-state index contributed by atoms with van der Waals surface area (Å²) >= 11 is 0. The van der Waals surface area contributed by atoms with Crippen LogP contribution in [0.4, 0.5) is 0 Å². The van der Waals surface area contributed by atoms with Crippen molar-refractivity contribution in [3.63, 3.8) is 0 Å². The van der Waals surface area contributed by atoms with Crippen molar-refractivity contribution in [1.29, 1.82) is 0 Å². The van der Waals surface area contributed by atoms with Gasteiger partial charge in [0.2, 0.25) is 0 Å². The molecular weight excluding hydrogens is 148 g/mol. The molecule has 1 atom stereocenters. The molecule has 0 aromatic heterocycles. The quantitative estimate of drug-likeness (QED) is 0.582. The lowest BCUT2D eigenvalue weighted by molar-refractivity contribution is 0.338. The van der Waals surface area contributed by atoms with E-state index in [4.69, 9.17) is 0 Å². The first kappa shape index (κ1) is 11.7. The topological polar surface area (TPSA) is 15.3 Å². The lowest BCUT2D eigenvalue weighted by atomic mass is 10.2. The average molecular weight is 170 g/mol. The molecule has 0 saturated heterocycles. The first-order chi connectivity index (χ1) is 5.70. The molecule has 0 amide bonds. The van der Waals surface area contributed by atoms with Gasteiger partial charge in [-0.3, -0.25) is 0 Å². The molecular formula is C10H22N2. The summed E-state index contributed by atoms with van der Waals surface area (Å²) in [6, 6.07) is 0.567. The van der Waals surface area contributed by atoms with Crippen molar-refractivity contribution < 1.29 is 0 Å². The normalized spacial score (nSPS) is 13.3. The number of nitrogens with one attached hydrogen (secondary N) is 1. The minimum Gasteiger partial charge on any atom is -0.312 e. The van der Waals surface area contributed by atoms with Crippen LogP contribution in [0.2, 0.25) is 0 Å². The Balaban J connectivity index is 3.61. The summed E-state index contributed by atoms with van der Waals surface area (Å²) in [5.74, 6) is 0. The second-order valence-corrected chi connectivity index (χ2v) is 3.44. The zero-order chi connectivity index (χ0) is 9.40. The van der Waals surface area contributed by atoms with Crippen LogP contribution in [0.5, 0.6) is 0 Å². The molecule has 1 unspecified atom stereocenters. The van der Waals surface area contributed by atoms with E-state index < -0.39 is 0 Å². The molecule has 0 saturated carbocycles. The van der Waals surface area contributed by atoms with Gasteiger partial charge >= 0.3 is 0 Å². The summed E-state index contributed by atoms with van der Waals surface area (Å²) in [4.78, 5) is 2.21. The van der Waals surface area contributed by atoms with E-state index in [9.17, 15) is 0 Å². The Morgan fingerprint density at radius 1 is 1.50 bits per heavy atom. The molecule has 0 aromatic carbocycles. The van der Waals surface area contributed by atoms with Crippen molar-refractivity contribution in [3.8, 4) is 0 Å². The summed E-state index contributed by atoms with van der Waals surface area (Å²) in [7, 11) is 4.20. The van der Waals surface area contributed by atoms with Gasteiger partial charge < -0.3 is 10.2 Å². The summed E-state index contributed by atoms with van der Waals surface area (Å²) in [6.45, 7) is 8.14. The lowest BCUT2D eigenvalue weighted by Crippen LogP contribution is -2.38. The Kier molecular flexibility index (Phi) is 7.11. The van der Waals surface area contributed by atoms with Gasteiger partial charge in [0.15, 0.2) is 0 Å². The number of likely N-dealkylation sites (N-methyl/N-ethyl adjacent to an activating group) is 1. The molecule has 0 bridgehead atoms. The van der Waals surface area contributed by atoms with Crippen LogP contribution in [0.3, 0.4) is 0 Å². The number of rotatable bonds is 7. The summed E-state index contributed by atoms with van der Waals surface area (Å²) in [5, 5.41) is 3.49. The van der Waals surface area contributed by atoms with Gasteiger partial charge in [0.1, 0.15) is 0 Å². The van der Waals surface area contributed by atoms with Gasteiger partial charge in [0, 0.05) is 12.6 Å². The highest BCUT2D eigenvalue weighted by Crippen LogP contribution is 1.94. The predicted octanol–water partition coefficient (Wildman–Crippen LogP) is 1.49. The fourth-order valence-corrected chi connectivity index (χ4v) is 1.21. The minimum atomic E-state index is 0.567. The molecule has 0 radical (unpaired) electrons. The third-order valence-electron chi connectivity index (χ3n) is 1.72. The van der Waals surface area contributed by atoms with Gasteiger partial charge in [0.05, 0.1) is 0 Å². The van der Waals surface area contributed by atoms with Crippen molar-refractivity contribution in [2.24, 2.45) is 0 Å². The standard InChI is InChI=1S/C10H22N2/c1-5-7-10(9-12(3)4)11-8-6-2/h5,10-11H,1,6-9H2,2-4H3. The average Bonchev–Trinajstić information content (AvgIpc) is 2.00. The van der Waals surface area contributed by atoms with Crippen LogP contribution in [0.25, 0.3) is 0 Å². The van der Waals surface area contributed by atoms with Crippen molar-refractivity contribution in [2.75, 3.05) is 27.2 Å². The van der Waals surface area contributed by atoms with Gasteiger partial charge in [-0.15, -0.1) is 6.58 Å². The number of nitrogens with zero attached hydrogens (tertiary/aromatic N) is 1. The second-order valence-electron chi connectivity index (χ2n) is 3.44. The first-order valence-corrected chi connectivity index (χ1v) is 4.69.